The molecular weight excluding hydrogens is 240 g/mol. The summed E-state index contributed by atoms with van der Waals surface area (Å²) in [6.45, 7) is 2.08. The number of fused-ring (bicyclic) bond motifs is 1. The Morgan fingerprint density at radius 2 is 2.21 bits per heavy atom. The Morgan fingerprint density at radius 3 is 3.00 bits per heavy atom. The highest BCUT2D eigenvalue weighted by Crippen LogP contribution is 2.23. The topological polar surface area (TPSA) is 92.5 Å². The zero-order valence-corrected chi connectivity index (χ0v) is 10.5. The SMILES string of the molecule is CCc1n[nH]c2ccc(Nc3ccnc(N)n3)cc12. The summed E-state index contributed by atoms with van der Waals surface area (Å²) in [6, 6.07) is 7.79. The second kappa shape index (κ2) is 4.56. The fourth-order valence-electron chi connectivity index (χ4n) is 2.01. The Kier molecular flexibility index (Phi) is 2.75. The van der Waals surface area contributed by atoms with Crippen LogP contribution in [0, 0.1) is 0 Å². The van der Waals surface area contributed by atoms with Gasteiger partial charge in [-0.25, -0.2) is 4.98 Å². The monoisotopic (exact) mass is 254 g/mol. The van der Waals surface area contributed by atoms with Gasteiger partial charge in [-0.2, -0.15) is 10.1 Å². The van der Waals surface area contributed by atoms with Crippen molar-refractivity contribution >= 4 is 28.4 Å². The summed E-state index contributed by atoms with van der Waals surface area (Å²) in [6.07, 6.45) is 2.52. The minimum Gasteiger partial charge on any atom is -0.368 e. The van der Waals surface area contributed by atoms with Crippen LogP contribution in [0.1, 0.15) is 12.6 Å². The average Bonchev–Trinajstić information content (AvgIpc) is 2.81. The number of hydrogen-bond donors (Lipinski definition) is 3. The number of aromatic nitrogens is 4. The van der Waals surface area contributed by atoms with Crippen molar-refractivity contribution in [1.82, 2.24) is 20.2 Å². The van der Waals surface area contributed by atoms with Crippen molar-refractivity contribution in [3.8, 4) is 0 Å². The van der Waals surface area contributed by atoms with E-state index in [1.165, 1.54) is 0 Å². The van der Waals surface area contributed by atoms with Crippen molar-refractivity contribution in [3.63, 3.8) is 0 Å². The van der Waals surface area contributed by atoms with Crippen LogP contribution in [0.3, 0.4) is 0 Å². The number of H-pyrrole nitrogens is 1. The van der Waals surface area contributed by atoms with Gasteiger partial charge in [-0.05, 0) is 30.7 Å². The lowest BCUT2D eigenvalue weighted by atomic mass is 10.1. The second-order valence-electron chi connectivity index (χ2n) is 4.21. The zero-order chi connectivity index (χ0) is 13.2. The standard InChI is InChI=1S/C13H14N6/c1-2-10-9-7-8(3-4-11(9)19-18-10)16-12-5-6-15-13(14)17-12/h3-7H,2H2,1H3,(H,18,19)(H3,14,15,16,17). The summed E-state index contributed by atoms with van der Waals surface area (Å²) in [7, 11) is 0. The predicted molar refractivity (Wildman–Crippen MR) is 75.2 cm³/mol. The maximum absolute atomic E-state index is 5.55. The van der Waals surface area contributed by atoms with Crippen molar-refractivity contribution in [2.45, 2.75) is 13.3 Å². The number of anilines is 3. The summed E-state index contributed by atoms with van der Waals surface area (Å²) < 4.78 is 0. The molecule has 19 heavy (non-hydrogen) atoms. The normalized spacial score (nSPS) is 10.8. The van der Waals surface area contributed by atoms with Crippen molar-refractivity contribution in [2.24, 2.45) is 0 Å². The largest absolute Gasteiger partial charge is 0.368 e. The van der Waals surface area contributed by atoms with Gasteiger partial charge in [0.25, 0.3) is 0 Å². The van der Waals surface area contributed by atoms with E-state index in [0.717, 1.165) is 28.7 Å². The highest BCUT2D eigenvalue weighted by Gasteiger charge is 2.05. The van der Waals surface area contributed by atoms with Gasteiger partial charge in [-0.3, -0.25) is 5.10 Å². The van der Waals surface area contributed by atoms with Gasteiger partial charge in [0.2, 0.25) is 5.95 Å². The Hall–Kier alpha value is -2.63. The quantitative estimate of drug-likeness (QED) is 0.666. The molecule has 6 nitrogen and oxygen atoms in total. The molecule has 6 heteroatoms. The fourth-order valence-corrected chi connectivity index (χ4v) is 2.01. The molecule has 0 saturated carbocycles. The maximum atomic E-state index is 5.55. The third-order valence-corrected chi connectivity index (χ3v) is 2.92. The van der Waals surface area contributed by atoms with Crippen LogP contribution in [-0.2, 0) is 6.42 Å². The molecular formula is C13H14N6. The number of aryl methyl sites for hydroxylation is 1. The van der Waals surface area contributed by atoms with Gasteiger partial charge < -0.3 is 11.1 Å². The number of rotatable bonds is 3. The molecule has 0 aliphatic heterocycles. The van der Waals surface area contributed by atoms with Crippen LogP contribution < -0.4 is 11.1 Å². The van der Waals surface area contributed by atoms with E-state index in [4.69, 9.17) is 5.73 Å². The first-order valence-electron chi connectivity index (χ1n) is 6.09. The van der Waals surface area contributed by atoms with Gasteiger partial charge in [0.1, 0.15) is 5.82 Å². The number of nitrogens with two attached hydrogens (primary N) is 1. The Morgan fingerprint density at radius 1 is 1.32 bits per heavy atom. The molecule has 2 heterocycles. The Bertz CT molecular complexity index is 718. The highest BCUT2D eigenvalue weighted by molar-refractivity contribution is 5.85. The van der Waals surface area contributed by atoms with Gasteiger partial charge in [0.05, 0.1) is 11.2 Å². The smallest absolute Gasteiger partial charge is 0.221 e. The number of nitrogens with one attached hydrogen (secondary N) is 2. The summed E-state index contributed by atoms with van der Waals surface area (Å²) in [5.41, 5.74) is 8.59. The first-order valence-corrected chi connectivity index (χ1v) is 6.09. The van der Waals surface area contributed by atoms with Crippen LogP contribution in [-0.4, -0.2) is 20.2 Å². The van der Waals surface area contributed by atoms with E-state index in [-0.39, 0.29) is 5.95 Å². The van der Waals surface area contributed by atoms with Crippen molar-refractivity contribution < 1.29 is 0 Å². The molecule has 0 fully saturated rings. The summed E-state index contributed by atoms with van der Waals surface area (Å²) in [4.78, 5) is 7.97. The molecule has 0 saturated heterocycles. The van der Waals surface area contributed by atoms with Crippen LogP contribution in [0.4, 0.5) is 17.5 Å². The zero-order valence-electron chi connectivity index (χ0n) is 10.5. The summed E-state index contributed by atoms with van der Waals surface area (Å²) in [5.74, 6) is 0.928. The van der Waals surface area contributed by atoms with E-state index in [1.54, 1.807) is 12.3 Å². The van der Waals surface area contributed by atoms with Crippen molar-refractivity contribution in [3.05, 3.63) is 36.2 Å². The lowest BCUT2D eigenvalue weighted by Crippen LogP contribution is -1.98. The van der Waals surface area contributed by atoms with Gasteiger partial charge in [0.15, 0.2) is 0 Å². The molecule has 96 valence electrons. The summed E-state index contributed by atoms with van der Waals surface area (Å²) in [5, 5.41) is 11.6. The molecule has 3 aromatic rings. The molecule has 0 atom stereocenters. The van der Waals surface area contributed by atoms with E-state index in [0.29, 0.717) is 5.82 Å². The lowest BCUT2D eigenvalue weighted by Gasteiger charge is -2.05. The molecule has 3 rings (SSSR count). The molecule has 0 radical (unpaired) electrons. The Labute approximate surface area is 110 Å². The highest BCUT2D eigenvalue weighted by atomic mass is 15.1. The van der Waals surface area contributed by atoms with E-state index in [1.807, 2.05) is 12.1 Å². The minimum absolute atomic E-state index is 0.253. The fraction of sp³-hybridized carbons (Fsp3) is 0.154. The van der Waals surface area contributed by atoms with Crippen molar-refractivity contribution in [2.75, 3.05) is 11.1 Å². The molecule has 0 unspecified atom stereocenters. The molecule has 0 bridgehead atoms. The molecule has 0 aliphatic rings. The molecule has 1 aromatic carbocycles. The first-order chi connectivity index (χ1) is 9.26. The number of benzene rings is 1. The molecule has 2 aromatic heterocycles. The van der Waals surface area contributed by atoms with E-state index in [9.17, 15) is 0 Å². The third kappa shape index (κ3) is 2.20. The molecule has 0 aliphatic carbocycles. The van der Waals surface area contributed by atoms with Crippen LogP contribution in [0.15, 0.2) is 30.5 Å². The van der Waals surface area contributed by atoms with Crippen LogP contribution >= 0.6 is 0 Å². The van der Waals surface area contributed by atoms with E-state index in [2.05, 4.69) is 38.5 Å². The average molecular weight is 254 g/mol. The van der Waals surface area contributed by atoms with Gasteiger partial charge in [0, 0.05) is 17.3 Å². The number of nitrogens with zero attached hydrogens (tertiary/aromatic N) is 3. The molecule has 0 spiro atoms. The first kappa shape index (κ1) is 11.5. The van der Waals surface area contributed by atoms with Crippen molar-refractivity contribution in [1.29, 1.82) is 0 Å². The predicted octanol–water partition coefficient (Wildman–Crippen LogP) is 2.24. The van der Waals surface area contributed by atoms with Gasteiger partial charge in [-0.15, -0.1) is 0 Å². The third-order valence-electron chi connectivity index (χ3n) is 2.92. The second-order valence-corrected chi connectivity index (χ2v) is 4.21. The number of nitrogen functional groups attached to an aromatic ring is 1. The minimum atomic E-state index is 0.253. The van der Waals surface area contributed by atoms with Gasteiger partial charge >= 0.3 is 0 Å². The Balaban J connectivity index is 1.96. The van der Waals surface area contributed by atoms with E-state index < -0.39 is 0 Å². The van der Waals surface area contributed by atoms with Crippen LogP contribution in [0.5, 0.6) is 0 Å². The van der Waals surface area contributed by atoms with Crippen LogP contribution in [0.2, 0.25) is 0 Å². The number of hydrogen-bond acceptors (Lipinski definition) is 5. The molecule has 0 amide bonds. The van der Waals surface area contributed by atoms with Crippen LogP contribution in [0.25, 0.3) is 10.9 Å². The summed E-state index contributed by atoms with van der Waals surface area (Å²) >= 11 is 0. The molecule has 4 N–H and O–H groups in total. The van der Waals surface area contributed by atoms with E-state index >= 15 is 0 Å². The maximum Gasteiger partial charge on any atom is 0.221 e. The van der Waals surface area contributed by atoms with Gasteiger partial charge in [-0.1, -0.05) is 6.92 Å². The lowest BCUT2D eigenvalue weighted by molar-refractivity contribution is 0.988. The number of aromatic amines is 1.